The van der Waals surface area contributed by atoms with E-state index in [1.807, 2.05) is 47.9 Å². The van der Waals surface area contributed by atoms with Crippen molar-refractivity contribution in [1.29, 1.82) is 0 Å². The molecule has 0 spiro atoms. The number of nitrogens with zero attached hydrogens (tertiary/aromatic N) is 4. The van der Waals surface area contributed by atoms with Gasteiger partial charge in [-0.3, -0.25) is 9.48 Å². The monoisotopic (exact) mass is 336 g/mol. The van der Waals surface area contributed by atoms with Gasteiger partial charge in [-0.15, -0.1) is 0 Å². The van der Waals surface area contributed by atoms with Gasteiger partial charge in [0.05, 0.1) is 18.3 Å². The van der Waals surface area contributed by atoms with Crippen LogP contribution in [-0.4, -0.2) is 37.7 Å². The number of carbonyl (C=O) groups is 1. The first kappa shape index (κ1) is 15.9. The van der Waals surface area contributed by atoms with E-state index in [1.54, 1.807) is 0 Å². The van der Waals surface area contributed by atoms with Gasteiger partial charge in [-0.25, -0.2) is 0 Å². The number of amides is 1. The number of carbonyl (C=O) groups excluding carboxylic acids is 1. The number of hydrogen-bond donors (Lipinski definition) is 0. The molecule has 1 fully saturated rings. The standard InChI is InChI=1S/C20H24N4O/c1-14-12-15(2)24(21-14)13-16-6-5-10-23(16)20(25)18-7-4-8-19-17(18)9-11-22(19)3/h4,7-9,11-12,16H,5-6,10,13H2,1-3H3/t16-/m1/s1. The summed E-state index contributed by atoms with van der Waals surface area (Å²) in [5.41, 5.74) is 4.09. The van der Waals surface area contributed by atoms with Crippen LogP contribution in [0, 0.1) is 13.8 Å². The third-order valence-corrected chi connectivity index (χ3v) is 5.28. The predicted octanol–water partition coefficient (Wildman–Crippen LogP) is 3.30. The molecular weight excluding hydrogens is 312 g/mol. The predicted molar refractivity (Wildman–Crippen MR) is 98.7 cm³/mol. The van der Waals surface area contributed by atoms with Crippen LogP contribution < -0.4 is 0 Å². The van der Waals surface area contributed by atoms with Crippen molar-refractivity contribution in [1.82, 2.24) is 19.2 Å². The van der Waals surface area contributed by atoms with Crippen LogP contribution in [0.2, 0.25) is 0 Å². The summed E-state index contributed by atoms with van der Waals surface area (Å²) in [4.78, 5) is 15.3. The minimum atomic E-state index is 0.140. The van der Waals surface area contributed by atoms with Gasteiger partial charge in [0, 0.05) is 41.9 Å². The van der Waals surface area contributed by atoms with E-state index in [0.717, 1.165) is 53.8 Å². The average molecular weight is 336 g/mol. The molecule has 0 aliphatic carbocycles. The number of aryl methyl sites for hydroxylation is 3. The molecule has 5 heteroatoms. The van der Waals surface area contributed by atoms with Crippen LogP contribution in [0.4, 0.5) is 0 Å². The van der Waals surface area contributed by atoms with Crippen molar-refractivity contribution in [2.24, 2.45) is 7.05 Å². The van der Waals surface area contributed by atoms with E-state index in [0.29, 0.717) is 0 Å². The summed E-state index contributed by atoms with van der Waals surface area (Å²) in [5, 5.41) is 5.60. The van der Waals surface area contributed by atoms with Crippen molar-refractivity contribution in [2.45, 2.75) is 39.3 Å². The Kier molecular flexibility index (Phi) is 3.86. The minimum absolute atomic E-state index is 0.140. The van der Waals surface area contributed by atoms with Gasteiger partial charge >= 0.3 is 0 Å². The Labute approximate surface area is 147 Å². The van der Waals surface area contributed by atoms with Crippen molar-refractivity contribution < 1.29 is 4.79 Å². The Morgan fingerprint density at radius 2 is 2.12 bits per heavy atom. The Hall–Kier alpha value is -2.56. The number of aromatic nitrogens is 3. The zero-order chi connectivity index (χ0) is 17.6. The Morgan fingerprint density at radius 1 is 1.28 bits per heavy atom. The molecule has 0 bridgehead atoms. The lowest BCUT2D eigenvalue weighted by molar-refractivity contribution is 0.0723. The van der Waals surface area contributed by atoms with Crippen LogP contribution >= 0.6 is 0 Å². The van der Waals surface area contributed by atoms with E-state index >= 15 is 0 Å². The lowest BCUT2D eigenvalue weighted by atomic mass is 10.1. The summed E-state index contributed by atoms with van der Waals surface area (Å²) in [6.45, 7) is 5.69. The van der Waals surface area contributed by atoms with Gasteiger partial charge in [0.2, 0.25) is 0 Å². The molecule has 5 nitrogen and oxygen atoms in total. The second-order valence-corrected chi connectivity index (χ2v) is 7.07. The lowest BCUT2D eigenvalue weighted by Crippen LogP contribution is -2.38. The third kappa shape index (κ3) is 2.73. The molecule has 4 rings (SSSR count). The Bertz CT molecular complexity index is 936. The van der Waals surface area contributed by atoms with Crippen molar-refractivity contribution in [3.63, 3.8) is 0 Å². The highest BCUT2D eigenvalue weighted by Crippen LogP contribution is 2.26. The van der Waals surface area contributed by atoms with Crippen LogP contribution in [0.15, 0.2) is 36.5 Å². The van der Waals surface area contributed by atoms with Crippen molar-refractivity contribution >= 4 is 16.8 Å². The summed E-state index contributed by atoms with van der Waals surface area (Å²) in [6, 6.07) is 10.3. The average Bonchev–Trinajstić information content (AvgIpc) is 3.28. The quantitative estimate of drug-likeness (QED) is 0.736. The zero-order valence-electron chi connectivity index (χ0n) is 15.1. The summed E-state index contributed by atoms with van der Waals surface area (Å²) in [5.74, 6) is 0.140. The second-order valence-electron chi connectivity index (χ2n) is 7.07. The highest BCUT2D eigenvalue weighted by atomic mass is 16.2. The fourth-order valence-electron chi connectivity index (χ4n) is 4.00. The number of hydrogen-bond acceptors (Lipinski definition) is 2. The highest BCUT2D eigenvalue weighted by molar-refractivity contribution is 6.06. The molecule has 0 unspecified atom stereocenters. The molecule has 1 aliphatic heterocycles. The Balaban J connectivity index is 1.63. The van der Waals surface area contributed by atoms with Gasteiger partial charge in [-0.2, -0.15) is 5.10 Å². The summed E-state index contributed by atoms with van der Waals surface area (Å²) < 4.78 is 4.10. The van der Waals surface area contributed by atoms with Gasteiger partial charge in [0.25, 0.3) is 5.91 Å². The number of fused-ring (bicyclic) bond motifs is 1. The molecule has 1 saturated heterocycles. The van der Waals surface area contributed by atoms with E-state index in [4.69, 9.17) is 0 Å². The molecule has 1 atom stereocenters. The van der Waals surface area contributed by atoms with Gasteiger partial charge in [0.15, 0.2) is 0 Å². The first-order valence-corrected chi connectivity index (χ1v) is 8.90. The van der Waals surface area contributed by atoms with Crippen LogP contribution in [0.5, 0.6) is 0 Å². The highest BCUT2D eigenvalue weighted by Gasteiger charge is 2.31. The maximum absolute atomic E-state index is 13.2. The van der Waals surface area contributed by atoms with E-state index in [1.165, 1.54) is 0 Å². The van der Waals surface area contributed by atoms with Crippen molar-refractivity contribution in [2.75, 3.05) is 6.54 Å². The molecule has 3 heterocycles. The third-order valence-electron chi connectivity index (χ3n) is 5.28. The molecule has 1 aliphatic rings. The molecule has 0 radical (unpaired) electrons. The second kappa shape index (κ2) is 6.06. The molecule has 1 amide bonds. The van der Waals surface area contributed by atoms with Gasteiger partial charge < -0.3 is 9.47 Å². The molecule has 25 heavy (non-hydrogen) atoms. The molecule has 0 saturated carbocycles. The van der Waals surface area contributed by atoms with Crippen LogP contribution in [0.25, 0.3) is 10.9 Å². The molecule has 1 aromatic carbocycles. The minimum Gasteiger partial charge on any atom is -0.351 e. The smallest absolute Gasteiger partial charge is 0.254 e. The normalized spacial score (nSPS) is 17.6. The van der Waals surface area contributed by atoms with E-state index in [-0.39, 0.29) is 11.9 Å². The van der Waals surface area contributed by atoms with Gasteiger partial charge in [-0.1, -0.05) is 6.07 Å². The molecule has 2 aromatic heterocycles. The summed E-state index contributed by atoms with van der Waals surface area (Å²) in [7, 11) is 2.01. The first-order valence-electron chi connectivity index (χ1n) is 8.90. The van der Waals surface area contributed by atoms with E-state index < -0.39 is 0 Å². The summed E-state index contributed by atoms with van der Waals surface area (Å²) >= 11 is 0. The van der Waals surface area contributed by atoms with Crippen molar-refractivity contribution in [3.8, 4) is 0 Å². The fourth-order valence-corrected chi connectivity index (χ4v) is 4.00. The number of rotatable bonds is 3. The maximum atomic E-state index is 13.2. The first-order chi connectivity index (χ1) is 12.0. The fraction of sp³-hybridized carbons (Fsp3) is 0.400. The lowest BCUT2D eigenvalue weighted by Gasteiger charge is -2.25. The molecule has 3 aromatic rings. The van der Waals surface area contributed by atoms with Crippen LogP contribution in [0.3, 0.4) is 0 Å². The molecule has 0 N–H and O–H groups in total. The topological polar surface area (TPSA) is 43.1 Å². The van der Waals surface area contributed by atoms with E-state index in [9.17, 15) is 4.79 Å². The SMILES string of the molecule is Cc1cc(C)n(C[C@H]2CCCN2C(=O)c2cccc3c2ccn3C)n1. The maximum Gasteiger partial charge on any atom is 0.254 e. The van der Waals surface area contributed by atoms with Crippen molar-refractivity contribution in [3.05, 3.63) is 53.5 Å². The van der Waals surface area contributed by atoms with E-state index in [2.05, 4.69) is 28.7 Å². The largest absolute Gasteiger partial charge is 0.351 e. The molecule has 130 valence electrons. The number of likely N-dealkylation sites (tertiary alicyclic amines) is 1. The zero-order valence-corrected chi connectivity index (χ0v) is 15.1. The van der Waals surface area contributed by atoms with Crippen LogP contribution in [0.1, 0.15) is 34.6 Å². The number of benzene rings is 1. The van der Waals surface area contributed by atoms with Gasteiger partial charge in [-0.05, 0) is 51.0 Å². The van der Waals surface area contributed by atoms with Gasteiger partial charge in [0.1, 0.15) is 0 Å². The Morgan fingerprint density at radius 3 is 2.88 bits per heavy atom. The van der Waals surface area contributed by atoms with Crippen LogP contribution in [-0.2, 0) is 13.6 Å². The summed E-state index contributed by atoms with van der Waals surface area (Å²) in [6.07, 6.45) is 4.11. The molecular formula is C20H24N4O.